The molecule has 3 unspecified atom stereocenters. The summed E-state index contributed by atoms with van der Waals surface area (Å²) >= 11 is 0. The maximum Gasteiger partial charge on any atom is 0.286 e. The lowest BCUT2D eigenvalue weighted by molar-refractivity contribution is -0.147. The second kappa shape index (κ2) is 12.9. The molecule has 1 amide bonds. The number of hydrogen-bond donors (Lipinski definition) is 2. The number of aliphatic hydroxyl groups is 1. The number of carbonyl (C=O) groups is 1. The van der Waals surface area contributed by atoms with Crippen LogP contribution < -0.4 is 10.1 Å². The van der Waals surface area contributed by atoms with Crippen molar-refractivity contribution in [2.24, 2.45) is 11.8 Å². The van der Waals surface area contributed by atoms with Crippen molar-refractivity contribution in [2.45, 2.75) is 55.2 Å². The molecule has 1 heterocycles. The number of allylic oxidation sites excluding steroid dienone is 1. The molecular weight excluding hydrogens is 551 g/mol. The summed E-state index contributed by atoms with van der Waals surface area (Å²) in [5.41, 5.74) is 0.817. The molecule has 2 saturated carbocycles. The number of benzene rings is 2. The summed E-state index contributed by atoms with van der Waals surface area (Å²) < 4.78 is 58.2. The van der Waals surface area contributed by atoms with E-state index >= 15 is 0 Å². The molecule has 11 heteroatoms. The summed E-state index contributed by atoms with van der Waals surface area (Å²) in [5.74, 6) is 0.937. The van der Waals surface area contributed by atoms with Crippen molar-refractivity contribution < 1.29 is 36.9 Å². The first-order valence-electron chi connectivity index (χ1n) is 14.1. The van der Waals surface area contributed by atoms with Crippen LogP contribution in [0.5, 0.6) is 5.75 Å². The van der Waals surface area contributed by atoms with Gasteiger partial charge in [-0.15, -0.1) is 0 Å². The van der Waals surface area contributed by atoms with Crippen molar-refractivity contribution in [3.05, 3.63) is 71.7 Å². The number of fused-ring (bicyclic) bond motifs is 2. The number of hydrogen-bond acceptors (Lipinski definition) is 7. The predicted octanol–water partition coefficient (Wildman–Crippen LogP) is 3.55. The maximum absolute atomic E-state index is 13.6. The lowest BCUT2D eigenvalue weighted by atomic mass is 9.92. The van der Waals surface area contributed by atoms with Gasteiger partial charge >= 0.3 is 0 Å². The van der Waals surface area contributed by atoms with Gasteiger partial charge in [-0.3, -0.25) is 4.79 Å². The zero-order chi connectivity index (χ0) is 29.0. The molecule has 41 heavy (non-hydrogen) atoms. The standard InChI is InChI=1S/C30H37FN2O7S/c1-38-25-8-10-26(11-9-25)41(36,37)33(12-14-34)13-15-39-29-19-23(21-4-6-24(31)7-5-21)18-28(40-29)30(35)32-27-17-20-2-3-22(27)16-20/h4-11,18,20,22-23,27,29,34H,2-3,12-17,19H2,1H3,(H,32,35)/t20?,22?,23-,27?,29+/m0/s1. The van der Waals surface area contributed by atoms with Gasteiger partial charge in [-0.05, 0) is 79.1 Å². The van der Waals surface area contributed by atoms with Gasteiger partial charge in [0.15, 0.2) is 5.76 Å². The fourth-order valence-electron chi connectivity index (χ4n) is 6.17. The smallest absolute Gasteiger partial charge is 0.286 e. The highest BCUT2D eigenvalue weighted by Gasteiger charge is 2.41. The molecule has 2 bridgehead atoms. The highest BCUT2D eigenvalue weighted by Crippen LogP contribution is 2.44. The van der Waals surface area contributed by atoms with Gasteiger partial charge < -0.3 is 24.6 Å². The molecule has 9 nitrogen and oxygen atoms in total. The summed E-state index contributed by atoms with van der Waals surface area (Å²) in [4.78, 5) is 13.3. The van der Waals surface area contributed by atoms with E-state index in [1.54, 1.807) is 30.3 Å². The summed E-state index contributed by atoms with van der Waals surface area (Å²) in [6.45, 7) is -0.541. The van der Waals surface area contributed by atoms with Gasteiger partial charge in [-0.1, -0.05) is 18.6 Å². The fourth-order valence-corrected chi connectivity index (χ4v) is 7.58. The number of rotatable bonds is 12. The molecule has 1 aliphatic heterocycles. The Morgan fingerprint density at radius 2 is 1.83 bits per heavy atom. The Hall–Kier alpha value is -2.99. The van der Waals surface area contributed by atoms with E-state index in [1.165, 1.54) is 37.8 Å². The van der Waals surface area contributed by atoms with Crippen LogP contribution in [-0.4, -0.2) is 69.5 Å². The minimum atomic E-state index is -3.90. The fraction of sp³-hybridized carbons (Fsp3) is 0.500. The molecule has 3 aliphatic rings. The van der Waals surface area contributed by atoms with E-state index in [0.717, 1.165) is 29.1 Å². The number of amides is 1. The second-order valence-electron chi connectivity index (χ2n) is 10.9. The lowest BCUT2D eigenvalue weighted by Crippen LogP contribution is -2.41. The molecule has 2 aromatic rings. The van der Waals surface area contributed by atoms with Crippen LogP contribution in [0.2, 0.25) is 0 Å². The average molecular weight is 589 g/mol. The largest absolute Gasteiger partial charge is 0.497 e. The molecule has 222 valence electrons. The maximum atomic E-state index is 13.6. The van der Waals surface area contributed by atoms with E-state index in [-0.39, 0.29) is 60.6 Å². The zero-order valence-corrected chi connectivity index (χ0v) is 23.9. The molecule has 5 atom stereocenters. The molecule has 2 aliphatic carbocycles. The van der Waals surface area contributed by atoms with Crippen LogP contribution in [-0.2, 0) is 24.3 Å². The number of nitrogens with zero attached hydrogens (tertiary/aromatic N) is 1. The molecule has 0 aromatic heterocycles. The van der Waals surface area contributed by atoms with Gasteiger partial charge in [0.1, 0.15) is 11.6 Å². The monoisotopic (exact) mass is 588 g/mol. The van der Waals surface area contributed by atoms with Crippen LogP contribution in [0.3, 0.4) is 0 Å². The Bertz CT molecular complexity index is 1330. The summed E-state index contributed by atoms with van der Waals surface area (Å²) in [6.07, 6.45) is 5.77. The van der Waals surface area contributed by atoms with Crippen LogP contribution >= 0.6 is 0 Å². The van der Waals surface area contributed by atoms with Crippen LogP contribution in [0.15, 0.2) is 65.3 Å². The minimum absolute atomic E-state index is 0.0303. The van der Waals surface area contributed by atoms with Gasteiger partial charge in [-0.25, -0.2) is 12.8 Å². The van der Waals surface area contributed by atoms with Crippen molar-refractivity contribution in [3.8, 4) is 5.75 Å². The quantitative estimate of drug-likeness (QED) is 0.390. The van der Waals surface area contributed by atoms with Crippen LogP contribution in [0.25, 0.3) is 0 Å². The van der Waals surface area contributed by atoms with Crippen LogP contribution in [0.1, 0.15) is 43.6 Å². The van der Waals surface area contributed by atoms with E-state index in [4.69, 9.17) is 14.2 Å². The molecule has 2 fully saturated rings. The van der Waals surface area contributed by atoms with E-state index in [2.05, 4.69) is 5.32 Å². The minimum Gasteiger partial charge on any atom is -0.497 e. The molecule has 5 rings (SSSR count). The normalized spacial score (nSPS) is 25.6. The van der Waals surface area contributed by atoms with Gasteiger partial charge in [0.25, 0.3) is 5.91 Å². The van der Waals surface area contributed by atoms with Crippen molar-refractivity contribution in [3.63, 3.8) is 0 Å². The average Bonchev–Trinajstić information content (AvgIpc) is 3.60. The Morgan fingerprint density at radius 3 is 2.46 bits per heavy atom. The van der Waals surface area contributed by atoms with Crippen molar-refractivity contribution in [1.29, 1.82) is 0 Å². The molecule has 2 N–H and O–H groups in total. The third-order valence-electron chi connectivity index (χ3n) is 8.32. The van der Waals surface area contributed by atoms with E-state index < -0.39 is 16.3 Å². The Balaban J connectivity index is 1.26. The van der Waals surface area contributed by atoms with E-state index in [9.17, 15) is 22.7 Å². The molecule has 0 saturated heterocycles. The molecular formula is C30H37FN2O7S. The first-order valence-corrected chi connectivity index (χ1v) is 15.5. The number of sulfonamides is 1. The van der Waals surface area contributed by atoms with Crippen molar-refractivity contribution >= 4 is 15.9 Å². The molecule has 2 aromatic carbocycles. The van der Waals surface area contributed by atoms with E-state index in [0.29, 0.717) is 24.0 Å². The Morgan fingerprint density at radius 1 is 1.07 bits per heavy atom. The zero-order valence-electron chi connectivity index (χ0n) is 23.1. The topological polar surface area (TPSA) is 114 Å². The number of halogens is 1. The first kappa shape index (κ1) is 29.5. The lowest BCUT2D eigenvalue weighted by Gasteiger charge is -2.31. The first-order chi connectivity index (χ1) is 19.8. The summed E-state index contributed by atoms with van der Waals surface area (Å²) in [5, 5.41) is 12.7. The highest BCUT2D eigenvalue weighted by atomic mass is 32.2. The number of carbonyl (C=O) groups excluding carboxylic acids is 1. The Labute approximate surface area is 240 Å². The summed E-state index contributed by atoms with van der Waals surface area (Å²) in [7, 11) is -2.41. The second-order valence-corrected chi connectivity index (χ2v) is 12.8. The SMILES string of the molecule is COc1ccc(S(=O)(=O)N(CCO)CCO[C@H]2C[C@@H](c3ccc(F)cc3)C=C(C(=O)NC3CC4CCC3C4)O2)cc1. The van der Waals surface area contributed by atoms with E-state index in [1.807, 2.05) is 0 Å². The third-order valence-corrected chi connectivity index (χ3v) is 10.2. The van der Waals surface area contributed by atoms with Crippen molar-refractivity contribution in [1.82, 2.24) is 9.62 Å². The highest BCUT2D eigenvalue weighted by molar-refractivity contribution is 7.89. The van der Waals surface area contributed by atoms with Crippen LogP contribution in [0.4, 0.5) is 4.39 Å². The van der Waals surface area contributed by atoms with Gasteiger partial charge in [-0.2, -0.15) is 4.31 Å². The van der Waals surface area contributed by atoms with Gasteiger partial charge in [0.05, 0.1) is 25.2 Å². The number of methoxy groups -OCH3 is 1. The number of aliphatic hydroxyl groups excluding tert-OH is 1. The van der Waals surface area contributed by atoms with Crippen molar-refractivity contribution in [2.75, 3.05) is 33.4 Å². The van der Waals surface area contributed by atoms with Gasteiger partial charge in [0.2, 0.25) is 16.3 Å². The summed E-state index contributed by atoms with van der Waals surface area (Å²) in [6, 6.07) is 12.2. The number of nitrogens with one attached hydrogen (secondary N) is 1. The van der Waals surface area contributed by atoms with Gasteiger partial charge in [0, 0.05) is 31.5 Å². The molecule has 0 radical (unpaired) electrons. The predicted molar refractivity (Wildman–Crippen MR) is 149 cm³/mol. The Kier molecular flexibility index (Phi) is 9.28. The number of ether oxygens (including phenoxy) is 3. The third kappa shape index (κ3) is 6.91. The molecule has 0 spiro atoms. The van der Waals surface area contributed by atoms with Crippen LogP contribution in [0, 0.1) is 17.7 Å².